The van der Waals surface area contributed by atoms with Crippen LogP contribution in [0.15, 0.2) is 0 Å². The van der Waals surface area contributed by atoms with Crippen molar-refractivity contribution in [2.24, 2.45) is 17.8 Å². The lowest BCUT2D eigenvalue weighted by molar-refractivity contribution is -0.145. The summed E-state index contributed by atoms with van der Waals surface area (Å²) in [4.78, 5) is 23.0. The molecule has 5 heteroatoms. The second-order valence-electron chi connectivity index (χ2n) is 5.34. The minimum atomic E-state index is -0.776. The Balaban J connectivity index is 1.87. The summed E-state index contributed by atoms with van der Waals surface area (Å²) in [6.07, 6.45) is 3.84. The summed E-state index contributed by atoms with van der Waals surface area (Å²) in [6, 6.07) is -0.195. The Morgan fingerprint density at radius 2 is 2.06 bits per heavy atom. The van der Waals surface area contributed by atoms with Crippen LogP contribution in [0.25, 0.3) is 0 Å². The van der Waals surface area contributed by atoms with Crippen molar-refractivity contribution < 1.29 is 19.4 Å². The molecule has 2 saturated carbocycles. The number of nitrogens with one attached hydrogen (secondary N) is 1. The molecule has 5 nitrogen and oxygen atoms in total. The van der Waals surface area contributed by atoms with E-state index in [0.29, 0.717) is 12.5 Å². The zero-order valence-electron chi connectivity index (χ0n) is 10.7. The number of amides is 1. The number of carboxylic acids is 1. The van der Waals surface area contributed by atoms with Crippen LogP contribution in [0.1, 0.15) is 32.6 Å². The zero-order chi connectivity index (χ0) is 13.1. The van der Waals surface area contributed by atoms with Gasteiger partial charge in [0, 0.05) is 12.6 Å². The Hall–Kier alpha value is -1.10. The Kier molecular flexibility index (Phi) is 4.22. The lowest BCUT2D eigenvalue weighted by atomic mass is 9.84. The monoisotopic (exact) mass is 255 g/mol. The molecule has 0 aromatic carbocycles. The van der Waals surface area contributed by atoms with Crippen LogP contribution in [0.2, 0.25) is 0 Å². The molecule has 0 aliphatic heterocycles. The van der Waals surface area contributed by atoms with Gasteiger partial charge in [-0.3, -0.25) is 9.59 Å². The highest BCUT2D eigenvalue weighted by molar-refractivity contribution is 5.79. The molecule has 0 aromatic heterocycles. The molecule has 2 rings (SSSR count). The van der Waals surface area contributed by atoms with Crippen molar-refractivity contribution in [1.29, 1.82) is 0 Å². The minimum absolute atomic E-state index is 0.0358. The second-order valence-corrected chi connectivity index (χ2v) is 5.34. The number of fused-ring (bicyclic) bond motifs is 2. The Labute approximate surface area is 107 Å². The number of aliphatic carboxylic acids is 1. The van der Waals surface area contributed by atoms with Crippen LogP contribution in [-0.2, 0) is 14.3 Å². The molecule has 2 N–H and O–H groups in total. The van der Waals surface area contributed by atoms with Crippen molar-refractivity contribution in [3.8, 4) is 0 Å². The molecule has 2 bridgehead atoms. The van der Waals surface area contributed by atoms with Crippen LogP contribution in [0, 0.1) is 17.8 Å². The summed E-state index contributed by atoms with van der Waals surface area (Å²) >= 11 is 0. The van der Waals surface area contributed by atoms with Gasteiger partial charge < -0.3 is 15.2 Å². The molecule has 0 aromatic rings. The van der Waals surface area contributed by atoms with Gasteiger partial charge in [0.2, 0.25) is 5.91 Å². The first kappa shape index (κ1) is 13.3. The third-order valence-electron chi connectivity index (χ3n) is 4.11. The third-order valence-corrected chi connectivity index (χ3v) is 4.11. The molecule has 0 saturated heterocycles. The van der Waals surface area contributed by atoms with Gasteiger partial charge in [0.15, 0.2) is 0 Å². The first-order valence-electron chi connectivity index (χ1n) is 6.73. The Morgan fingerprint density at radius 3 is 2.72 bits per heavy atom. The van der Waals surface area contributed by atoms with E-state index in [2.05, 4.69) is 5.32 Å². The van der Waals surface area contributed by atoms with E-state index in [1.807, 2.05) is 6.92 Å². The van der Waals surface area contributed by atoms with Gasteiger partial charge in [-0.15, -0.1) is 0 Å². The van der Waals surface area contributed by atoms with E-state index >= 15 is 0 Å². The molecular formula is C13H21NO4. The average molecular weight is 255 g/mol. The largest absolute Gasteiger partial charge is 0.481 e. The number of carbonyl (C=O) groups is 2. The number of rotatable bonds is 6. The number of hydrogen-bond donors (Lipinski definition) is 2. The molecule has 18 heavy (non-hydrogen) atoms. The van der Waals surface area contributed by atoms with E-state index in [4.69, 9.17) is 4.74 Å². The van der Waals surface area contributed by atoms with E-state index in [1.54, 1.807) is 0 Å². The molecule has 2 aliphatic carbocycles. The minimum Gasteiger partial charge on any atom is -0.481 e. The topological polar surface area (TPSA) is 75.6 Å². The highest BCUT2D eigenvalue weighted by Gasteiger charge is 2.51. The van der Waals surface area contributed by atoms with E-state index < -0.39 is 11.9 Å². The quantitative estimate of drug-likeness (QED) is 0.695. The van der Waals surface area contributed by atoms with Gasteiger partial charge in [0.25, 0.3) is 0 Å². The molecule has 102 valence electrons. The summed E-state index contributed by atoms with van der Waals surface area (Å²) in [7, 11) is 0. The maximum Gasteiger partial charge on any atom is 0.308 e. The van der Waals surface area contributed by atoms with Gasteiger partial charge in [-0.25, -0.2) is 0 Å². The van der Waals surface area contributed by atoms with Crippen LogP contribution in [0.3, 0.4) is 0 Å². The summed E-state index contributed by atoms with van der Waals surface area (Å²) in [5.74, 6) is -0.784. The van der Waals surface area contributed by atoms with Gasteiger partial charge in [0.05, 0.1) is 5.92 Å². The summed E-state index contributed by atoms with van der Waals surface area (Å²) in [5.41, 5.74) is 0. The molecule has 0 heterocycles. The first-order chi connectivity index (χ1) is 8.63. The molecule has 2 fully saturated rings. The predicted molar refractivity (Wildman–Crippen MR) is 65.0 cm³/mol. The maximum atomic E-state index is 11.7. The highest BCUT2D eigenvalue weighted by atomic mass is 16.5. The van der Waals surface area contributed by atoms with Crippen molar-refractivity contribution in [3.63, 3.8) is 0 Å². The van der Waals surface area contributed by atoms with Crippen LogP contribution in [0.4, 0.5) is 0 Å². The highest BCUT2D eigenvalue weighted by Crippen LogP contribution is 2.48. The molecule has 4 unspecified atom stereocenters. The molecule has 0 radical (unpaired) electrons. The van der Waals surface area contributed by atoms with Crippen molar-refractivity contribution in [3.05, 3.63) is 0 Å². The fourth-order valence-electron chi connectivity index (χ4n) is 3.39. The summed E-state index contributed by atoms with van der Waals surface area (Å²) in [6.45, 7) is 2.58. The van der Waals surface area contributed by atoms with Gasteiger partial charge in [-0.2, -0.15) is 0 Å². The number of hydrogen-bond acceptors (Lipinski definition) is 3. The average Bonchev–Trinajstić information content (AvgIpc) is 2.89. The second kappa shape index (κ2) is 5.69. The number of carboxylic acid groups (broad SMARTS) is 1. The van der Waals surface area contributed by atoms with Gasteiger partial charge in [0.1, 0.15) is 6.61 Å². The van der Waals surface area contributed by atoms with E-state index in [9.17, 15) is 14.7 Å². The Bertz CT molecular complexity index is 331. The van der Waals surface area contributed by atoms with E-state index in [-0.39, 0.29) is 24.5 Å². The smallest absolute Gasteiger partial charge is 0.308 e. The number of carbonyl (C=O) groups excluding carboxylic acids is 1. The molecule has 0 spiro atoms. The predicted octanol–water partition coefficient (Wildman–Crippen LogP) is 1.03. The molecule has 1 amide bonds. The molecular weight excluding hydrogens is 234 g/mol. The van der Waals surface area contributed by atoms with Gasteiger partial charge in [-0.1, -0.05) is 6.92 Å². The normalized spacial score (nSPS) is 33.6. The SMILES string of the molecule is CCCOCC(=O)NC1C2CCC(C2)C1C(=O)O. The van der Waals surface area contributed by atoms with E-state index in [1.165, 1.54) is 0 Å². The van der Waals surface area contributed by atoms with Crippen molar-refractivity contribution in [2.45, 2.75) is 38.6 Å². The zero-order valence-corrected chi connectivity index (χ0v) is 10.7. The van der Waals surface area contributed by atoms with Crippen LogP contribution >= 0.6 is 0 Å². The standard InChI is InChI=1S/C13H21NO4/c1-2-5-18-7-10(15)14-12-9-4-3-8(6-9)11(12)13(16)17/h8-9,11-12H,2-7H2,1H3,(H,14,15)(H,16,17). The van der Waals surface area contributed by atoms with Crippen LogP contribution in [0.5, 0.6) is 0 Å². The lowest BCUT2D eigenvalue weighted by Crippen LogP contribution is -2.47. The fraction of sp³-hybridized carbons (Fsp3) is 0.846. The van der Waals surface area contributed by atoms with Crippen molar-refractivity contribution in [2.75, 3.05) is 13.2 Å². The lowest BCUT2D eigenvalue weighted by Gasteiger charge is -2.28. The van der Waals surface area contributed by atoms with E-state index in [0.717, 1.165) is 25.7 Å². The third kappa shape index (κ3) is 2.66. The Morgan fingerprint density at radius 1 is 1.33 bits per heavy atom. The maximum absolute atomic E-state index is 11.7. The molecule has 4 atom stereocenters. The van der Waals surface area contributed by atoms with Crippen LogP contribution < -0.4 is 5.32 Å². The van der Waals surface area contributed by atoms with Crippen LogP contribution in [-0.4, -0.2) is 36.2 Å². The van der Waals surface area contributed by atoms with Gasteiger partial charge >= 0.3 is 5.97 Å². The van der Waals surface area contributed by atoms with Gasteiger partial charge in [-0.05, 0) is 37.5 Å². The summed E-state index contributed by atoms with van der Waals surface area (Å²) in [5, 5.41) is 12.1. The number of ether oxygens (including phenoxy) is 1. The van der Waals surface area contributed by atoms with Crippen molar-refractivity contribution in [1.82, 2.24) is 5.32 Å². The fourth-order valence-corrected chi connectivity index (χ4v) is 3.39. The summed E-state index contributed by atoms with van der Waals surface area (Å²) < 4.78 is 5.17. The first-order valence-corrected chi connectivity index (χ1v) is 6.73. The molecule has 2 aliphatic rings. The van der Waals surface area contributed by atoms with Crippen molar-refractivity contribution >= 4 is 11.9 Å².